The first kappa shape index (κ1) is 12.0. The zero-order chi connectivity index (χ0) is 13.1. The molecule has 101 valence electrons. The predicted molar refractivity (Wildman–Crippen MR) is 76.3 cm³/mol. The Labute approximate surface area is 116 Å². The molecule has 4 aliphatic rings. The summed E-state index contributed by atoms with van der Waals surface area (Å²) in [7, 11) is 0. The summed E-state index contributed by atoms with van der Waals surface area (Å²) in [5.41, 5.74) is 0.157. The van der Waals surface area contributed by atoms with Crippen molar-refractivity contribution in [1.29, 1.82) is 0 Å². The summed E-state index contributed by atoms with van der Waals surface area (Å²) in [6, 6.07) is 10.1. The van der Waals surface area contributed by atoms with E-state index in [-0.39, 0.29) is 5.41 Å². The number of rotatable bonds is 2. The molecule has 5 rings (SSSR count). The molecule has 0 spiro atoms. The molecule has 1 unspecified atom stereocenters. The van der Waals surface area contributed by atoms with Crippen molar-refractivity contribution in [1.82, 2.24) is 0 Å². The van der Waals surface area contributed by atoms with E-state index < -0.39 is 5.60 Å². The maximum Gasteiger partial charge on any atom is 0.0953 e. The first-order chi connectivity index (χ1) is 9.09. The summed E-state index contributed by atoms with van der Waals surface area (Å²) >= 11 is 0. The third kappa shape index (κ3) is 1.64. The van der Waals surface area contributed by atoms with E-state index in [2.05, 4.69) is 6.92 Å². The summed E-state index contributed by atoms with van der Waals surface area (Å²) in [5, 5.41) is 11.2. The average Bonchev–Trinajstić information content (AvgIpc) is 2.38. The molecule has 1 nitrogen and oxygen atoms in total. The Morgan fingerprint density at radius 1 is 0.947 bits per heavy atom. The number of aliphatic hydroxyl groups is 1. The van der Waals surface area contributed by atoms with Crippen LogP contribution >= 0.6 is 0 Å². The van der Waals surface area contributed by atoms with Crippen molar-refractivity contribution in [2.45, 2.75) is 44.1 Å². The van der Waals surface area contributed by atoms with Gasteiger partial charge in [0.2, 0.25) is 0 Å². The zero-order valence-electron chi connectivity index (χ0n) is 11.5. The summed E-state index contributed by atoms with van der Waals surface area (Å²) < 4.78 is 0. The second-order valence-electron chi connectivity index (χ2n) is 7.42. The molecule has 4 saturated carbocycles. The van der Waals surface area contributed by atoms with E-state index in [0.29, 0.717) is 0 Å². The van der Waals surface area contributed by atoms with E-state index in [1.54, 1.807) is 0 Å². The van der Waals surface area contributed by atoms with Crippen LogP contribution in [0.3, 0.4) is 0 Å². The van der Waals surface area contributed by atoms with Crippen LogP contribution in [0.1, 0.15) is 44.1 Å². The number of hydrogen-bond donors (Lipinski definition) is 1. The molecular weight excluding hydrogens is 232 g/mol. The van der Waals surface area contributed by atoms with Gasteiger partial charge in [-0.15, -0.1) is 0 Å². The molecule has 4 bridgehead atoms. The van der Waals surface area contributed by atoms with Crippen molar-refractivity contribution in [3.05, 3.63) is 42.8 Å². The number of hydrogen-bond acceptors (Lipinski definition) is 1. The van der Waals surface area contributed by atoms with Crippen molar-refractivity contribution >= 4 is 0 Å². The molecule has 4 fully saturated rings. The minimum Gasteiger partial charge on any atom is -0.385 e. The minimum atomic E-state index is -0.899. The molecule has 1 aromatic carbocycles. The highest BCUT2D eigenvalue weighted by molar-refractivity contribution is 5.28. The highest BCUT2D eigenvalue weighted by Crippen LogP contribution is 2.65. The van der Waals surface area contributed by atoms with E-state index in [1.807, 2.05) is 30.3 Å². The minimum absolute atomic E-state index is 0.0447. The molecule has 4 aliphatic carbocycles. The van der Waals surface area contributed by atoms with Crippen LogP contribution in [0.15, 0.2) is 30.3 Å². The topological polar surface area (TPSA) is 20.2 Å². The van der Waals surface area contributed by atoms with Crippen LogP contribution in [-0.2, 0) is 5.60 Å². The first-order valence-electron chi connectivity index (χ1n) is 7.72. The van der Waals surface area contributed by atoms with Gasteiger partial charge in [-0.3, -0.25) is 0 Å². The van der Waals surface area contributed by atoms with E-state index in [1.165, 1.54) is 38.5 Å². The fourth-order valence-corrected chi connectivity index (χ4v) is 5.64. The van der Waals surface area contributed by atoms with Gasteiger partial charge in [-0.05, 0) is 68.8 Å². The first-order valence-corrected chi connectivity index (χ1v) is 7.72. The molecular formula is C18H23O. The molecule has 0 heterocycles. The van der Waals surface area contributed by atoms with Gasteiger partial charge < -0.3 is 5.11 Å². The molecule has 19 heavy (non-hydrogen) atoms. The molecule has 1 heteroatoms. The summed E-state index contributed by atoms with van der Waals surface area (Å²) in [6.07, 6.45) is 7.79. The van der Waals surface area contributed by atoms with Crippen LogP contribution < -0.4 is 0 Å². The molecule has 0 saturated heterocycles. The Hall–Kier alpha value is -0.820. The highest BCUT2D eigenvalue weighted by atomic mass is 16.3. The zero-order valence-corrected chi connectivity index (χ0v) is 11.5. The van der Waals surface area contributed by atoms with Gasteiger partial charge in [0, 0.05) is 5.41 Å². The van der Waals surface area contributed by atoms with Crippen molar-refractivity contribution < 1.29 is 5.11 Å². The maximum absolute atomic E-state index is 11.2. The van der Waals surface area contributed by atoms with E-state index >= 15 is 0 Å². The monoisotopic (exact) mass is 255 g/mol. The van der Waals surface area contributed by atoms with Crippen molar-refractivity contribution in [3.63, 3.8) is 0 Å². The van der Waals surface area contributed by atoms with Gasteiger partial charge in [-0.1, -0.05) is 30.3 Å². The van der Waals surface area contributed by atoms with Crippen LogP contribution in [-0.4, -0.2) is 5.11 Å². The lowest BCUT2D eigenvalue weighted by Crippen LogP contribution is -2.55. The van der Waals surface area contributed by atoms with Crippen LogP contribution in [0.4, 0.5) is 0 Å². The molecule has 1 atom stereocenters. The molecule has 0 aliphatic heterocycles. The van der Waals surface area contributed by atoms with Crippen LogP contribution in [0, 0.1) is 30.1 Å². The second kappa shape index (κ2) is 3.85. The molecule has 0 amide bonds. The van der Waals surface area contributed by atoms with Gasteiger partial charge in [-0.25, -0.2) is 0 Å². The van der Waals surface area contributed by atoms with Crippen molar-refractivity contribution in [3.8, 4) is 0 Å². The van der Waals surface area contributed by atoms with Crippen molar-refractivity contribution in [2.75, 3.05) is 0 Å². The van der Waals surface area contributed by atoms with Gasteiger partial charge in [0.25, 0.3) is 0 Å². The Morgan fingerprint density at radius 2 is 1.42 bits per heavy atom. The third-order valence-corrected chi connectivity index (χ3v) is 6.17. The smallest absolute Gasteiger partial charge is 0.0953 e. The molecule has 1 N–H and O–H groups in total. The largest absolute Gasteiger partial charge is 0.385 e. The second-order valence-corrected chi connectivity index (χ2v) is 7.42. The Morgan fingerprint density at radius 3 is 1.89 bits per heavy atom. The summed E-state index contributed by atoms with van der Waals surface area (Å²) in [5.74, 6) is 2.55. The highest BCUT2D eigenvalue weighted by Gasteiger charge is 2.58. The van der Waals surface area contributed by atoms with Crippen LogP contribution in [0.5, 0.6) is 0 Å². The molecule has 0 aromatic heterocycles. The lowest BCUT2D eigenvalue weighted by atomic mass is 9.45. The van der Waals surface area contributed by atoms with E-state index in [0.717, 1.165) is 23.3 Å². The van der Waals surface area contributed by atoms with Crippen LogP contribution in [0.25, 0.3) is 0 Å². The molecule has 1 radical (unpaired) electrons. The SMILES string of the molecule is [CH2]C(O)(c1ccccc1)C12CC3CC(CC(C3)C1)C2. The average molecular weight is 255 g/mol. The lowest BCUT2D eigenvalue weighted by molar-refractivity contribution is -0.162. The molecule has 1 aromatic rings. The van der Waals surface area contributed by atoms with Gasteiger partial charge in [0.05, 0.1) is 5.60 Å². The third-order valence-electron chi connectivity index (χ3n) is 6.17. The Bertz CT molecular complexity index is 438. The van der Waals surface area contributed by atoms with Gasteiger partial charge in [0.15, 0.2) is 0 Å². The standard InChI is InChI=1S/C18H23O/c1-17(19,16-5-3-2-4-6-16)18-10-13-7-14(11-18)9-15(8-13)12-18/h2-6,13-15,19H,1,7-12H2. The van der Waals surface area contributed by atoms with E-state index in [4.69, 9.17) is 0 Å². The summed E-state index contributed by atoms with van der Waals surface area (Å²) in [4.78, 5) is 0. The Kier molecular flexibility index (Phi) is 2.42. The van der Waals surface area contributed by atoms with Crippen molar-refractivity contribution in [2.24, 2.45) is 23.2 Å². The van der Waals surface area contributed by atoms with Gasteiger partial charge in [0.1, 0.15) is 0 Å². The quantitative estimate of drug-likeness (QED) is 0.849. The Balaban J connectivity index is 1.75. The van der Waals surface area contributed by atoms with E-state index in [9.17, 15) is 5.11 Å². The fraction of sp³-hybridized carbons (Fsp3) is 0.611. The predicted octanol–water partition coefficient (Wildman–Crippen LogP) is 3.92. The lowest BCUT2D eigenvalue weighted by Gasteiger charge is -2.61. The summed E-state index contributed by atoms with van der Waals surface area (Å²) in [6.45, 7) is 4.29. The van der Waals surface area contributed by atoms with Gasteiger partial charge >= 0.3 is 0 Å². The number of benzene rings is 1. The van der Waals surface area contributed by atoms with Crippen LogP contribution in [0.2, 0.25) is 0 Å². The maximum atomic E-state index is 11.2. The fourth-order valence-electron chi connectivity index (χ4n) is 5.64. The normalized spacial score (nSPS) is 43.2. The van der Waals surface area contributed by atoms with Gasteiger partial charge in [-0.2, -0.15) is 0 Å².